The summed E-state index contributed by atoms with van der Waals surface area (Å²) in [5.74, 6) is -0.0613. The van der Waals surface area contributed by atoms with Gasteiger partial charge in [0.05, 0.1) is 6.04 Å². The number of amides is 2. The number of carbonyl (C=O) groups excluding carboxylic acids is 2. The number of rotatable bonds is 7. The Labute approximate surface area is 174 Å². The monoisotopic (exact) mass is 420 g/mol. The molecule has 3 rings (SSSR count). The van der Waals surface area contributed by atoms with Gasteiger partial charge in [0.1, 0.15) is 18.4 Å². The second kappa shape index (κ2) is 8.81. The molecule has 1 aromatic carbocycles. The topological polar surface area (TPSA) is 97.0 Å². The normalized spacial score (nSPS) is 19.5. The summed E-state index contributed by atoms with van der Waals surface area (Å²) in [6, 6.07) is 2.46. The van der Waals surface area contributed by atoms with Crippen molar-refractivity contribution >= 4 is 17.8 Å². The van der Waals surface area contributed by atoms with Crippen molar-refractivity contribution < 1.29 is 23.1 Å². The third kappa shape index (κ3) is 4.77. The van der Waals surface area contributed by atoms with E-state index in [0.717, 1.165) is 18.4 Å². The first-order chi connectivity index (χ1) is 14.2. The van der Waals surface area contributed by atoms with Crippen LogP contribution in [-0.4, -0.2) is 41.7 Å². The Kier molecular flexibility index (Phi) is 6.38. The Morgan fingerprint density at radius 2 is 1.93 bits per heavy atom. The number of guanidine groups is 1. The van der Waals surface area contributed by atoms with Crippen molar-refractivity contribution in [2.24, 2.45) is 16.6 Å². The van der Waals surface area contributed by atoms with Gasteiger partial charge in [-0.05, 0) is 56.4 Å². The number of hydrogen-bond donors (Lipinski definition) is 2. The fourth-order valence-electron chi connectivity index (χ4n) is 3.56. The van der Waals surface area contributed by atoms with Gasteiger partial charge in [0.2, 0.25) is 17.8 Å². The molecule has 0 spiro atoms. The smallest absolute Gasteiger partial charge is 0.272 e. The lowest BCUT2D eigenvalue weighted by molar-refractivity contribution is -0.123. The molecule has 1 saturated carbocycles. The molecular formula is C21H26F2N4O3. The van der Waals surface area contributed by atoms with E-state index in [4.69, 9.17) is 10.5 Å². The molecule has 162 valence electrons. The zero-order valence-electron chi connectivity index (χ0n) is 17.2. The number of benzene rings is 1. The summed E-state index contributed by atoms with van der Waals surface area (Å²) < 4.78 is 30.3. The number of halogens is 2. The van der Waals surface area contributed by atoms with E-state index in [2.05, 4.69) is 10.3 Å². The number of carbonyl (C=O) groups is 2. The summed E-state index contributed by atoms with van der Waals surface area (Å²) in [7, 11) is 0. The van der Waals surface area contributed by atoms with Crippen LogP contribution in [0.3, 0.4) is 0 Å². The SMILES string of the molecule is Cc1cc(C(C)N2C(NC(=O)C3CC3)=NC=CC2C(N)=O)cc(C)c1OCC(F)F. The van der Waals surface area contributed by atoms with Crippen LogP contribution in [0.2, 0.25) is 0 Å². The summed E-state index contributed by atoms with van der Waals surface area (Å²) in [5, 5.41) is 2.81. The average Bonchev–Trinajstić information content (AvgIpc) is 3.51. The van der Waals surface area contributed by atoms with Crippen LogP contribution >= 0.6 is 0 Å². The van der Waals surface area contributed by atoms with E-state index in [9.17, 15) is 18.4 Å². The number of alkyl halides is 2. The molecule has 9 heteroatoms. The van der Waals surface area contributed by atoms with Gasteiger partial charge in [0.15, 0.2) is 0 Å². The third-order valence-corrected chi connectivity index (χ3v) is 5.22. The maximum absolute atomic E-state index is 12.5. The molecule has 0 bridgehead atoms. The molecule has 1 aliphatic heterocycles. The molecule has 0 aromatic heterocycles. The highest BCUT2D eigenvalue weighted by Gasteiger charge is 2.36. The van der Waals surface area contributed by atoms with E-state index in [1.165, 1.54) is 6.20 Å². The van der Waals surface area contributed by atoms with Gasteiger partial charge < -0.3 is 15.4 Å². The fraction of sp³-hybridized carbons (Fsp3) is 0.476. The van der Waals surface area contributed by atoms with Crippen molar-refractivity contribution in [2.45, 2.75) is 52.1 Å². The summed E-state index contributed by atoms with van der Waals surface area (Å²) in [4.78, 5) is 30.3. The lowest BCUT2D eigenvalue weighted by atomic mass is 9.98. The second-order valence-corrected chi connectivity index (χ2v) is 7.67. The molecule has 1 aromatic rings. The number of nitrogens with zero attached hydrogens (tertiary/aromatic N) is 2. The van der Waals surface area contributed by atoms with Crippen molar-refractivity contribution in [1.29, 1.82) is 0 Å². The first-order valence-corrected chi connectivity index (χ1v) is 9.84. The number of nitrogens with two attached hydrogens (primary N) is 1. The number of hydrogen-bond acceptors (Lipinski definition) is 5. The van der Waals surface area contributed by atoms with Gasteiger partial charge in [-0.3, -0.25) is 14.9 Å². The molecule has 2 aliphatic rings. The predicted octanol–water partition coefficient (Wildman–Crippen LogP) is 2.57. The van der Waals surface area contributed by atoms with Crippen LogP contribution in [0.1, 0.15) is 42.5 Å². The summed E-state index contributed by atoms with van der Waals surface area (Å²) in [5.41, 5.74) is 7.80. The third-order valence-electron chi connectivity index (χ3n) is 5.22. The summed E-state index contributed by atoms with van der Waals surface area (Å²) in [6.45, 7) is 4.73. The zero-order chi connectivity index (χ0) is 22.0. The Balaban J connectivity index is 1.89. The Bertz CT molecular complexity index is 873. The molecule has 0 radical (unpaired) electrons. The van der Waals surface area contributed by atoms with Gasteiger partial charge in [-0.2, -0.15) is 0 Å². The quantitative estimate of drug-likeness (QED) is 0.709. The van der Waals surface area contributed by atoms with Crippen LogP contribution in [-0.2, 0) is 9.59 Å². The lowest BCUT2D eigenvalue weighted by Gasteiger charge is -2.37. The average molecular weight is 420 g/mol. The van der Waals surface area contributed by atoms with Crippen molar-refractivity contribution in [2.75, 3.05) is 6.61 Å². The van der Waals surface area contributed by atoms with Crippen LogP contribution in [0.15, 0.2) is 29.4 Å². The van der Waals surface area contributed by atoms with Gasteiger partial charge >= 0.3 is 0 Å². The molecule has 2 amide bonds. The van der Waals surface area contributed by atoms with Crippen molar-refractivity contribution in [1.82, 2.24) is 10.2 Å². The number of ether oxygens (including phenoxy) is 1. The molecule has 30 heavy (non-hydrogen) atoms. The maximum atomic E-state index is 12.5. The van der Waals surface area contributed by atoms with E-state index in [-0.39, 0.29) is 23.8 Å². The fourth-order valence-corrected chi connectivity index (χ4v) is 3.56. The molecule has 2 unspecified atom stereocenters. The minimum Gasteiger partial charge on any atom is -0.487 e. The first kappa shape index (κ1) is 21.7. The van der Waals surface area contributed by atoms with E-state index in [1.54, 1.807) is 24.8 Å². The highest BCUT2D eigenvalue weighted by atomic mass is 19.3. The Hall–Kier alpha value is -2.97. The molecule has 1 heterocycles. The van der Waals surface area contributed by atoms with Crippen molar-refractivity contribution in [3.8, 4) is 5.75 Å². The highest BCUT2D eigenvalue weighted by Crippen LogP contribution is 2.33. The van der Waals surface area contributed by atoms with E-state index in [1.807, 2.05) is 19.1 Å². The standard InChI is InChI=1S/C21H26F2N4O3/c1-11-8-15(9-12(2)18(11)30-10-17(22)23)13(3)27-16(19(24)28)6-7-25-21(27)26-20(29)14-4-5-14/h6-9,13-14,16-17H,4-5,10H2,1-3H3,(H2,24,28)(H,25,26,29). The Morgan fingerprint density at radius 3 is 2.47 bits per heavy atom. The van der Waals surface area contributed by atoms with Gasteiger partial charge in [0.25, 0.3) is 6.43 Å². The number of aryl methyl sites for hydroxylation is 2. The van der Waals surface area contributed by atoms with Gasteiger partial charge in [-0.25, -0.2) is 13.8 Å². The van der Waals surface area contributed by atoms with E-state index >= 15 is 0 Å². The van der Waals surface area contributed by atoms with E-state index in [0.29, 0.717) is 16.9 Å². The largest absolute Gasteiger partial charge is 0.487 e. The molecule has 2 atom stereocenters. The first-order valence-electron chi connectivity index (χ1n) is 9.84. The van der Waals surface area contributed by atoms with Crippen LogP contribution in [0.25, 0.3) is 0 Å². The summed E-state index contributed by atoms with van der Waals surface area (Å²) in [6.07, 6.45) is 2.14. The predicted molar refractivity (Wildman–Crippen MR) is 108 cm³/mol. The molecule has 7 nitrogen and oxygen atoms in total. The van der Waals surface area contributed by atoms with Crippen LogP contribution < -0.4 is 15.8 Å². The lowest BCUT2D eigenvalue weighted by Crippen LogP contribution is -2.55. The van der Waals surface area contributed by atoms with E-state index < -0.39 is 25.0 Å². The number of primary amides is 1. The molecule has 0 saturated heterocycles. The minimum atomic E-state index is -2.56. The van der Waals surface area contributed by atoms with Crippen LogP contribution in [0.5, 0.6) is 5.75 Å². The van der Waals surface area contributed by atoms with Gasteiger partial charge in [-0.1, -0.05) is 12.1 Å². The highest BCUT2D eigenvalue weighted by molar-refractivity contribution is 6.01. The molecule has 1 fully saturated rings. The second-order valence-electron chi connectivity index (χ2n) is 7.67. The number of aliphatic imine (C=N–C) groups is 1. The van der Waals surface area contributed by atoms with Gasteiger partial charge in [-0.15, -0.1) is 0 Å². The summed E-state index contributed by atoms with van der Waals surface area (Å²) >= 11 is 0. The minimum absolute atomic E-state index is 0.0291. The zero-order valence-corrected chi connectivity index (χ0v) is 17.2. The van der Waals surface area contributed by atoms with Crippen LogP contribution in [0.4, 0.5) is 8.78 Å². The van der Waals surface area contributed by atoms with Crippen LogP contribution in [0, 0.1) is 19.8 Å². The molecule has 3 N–H and O–H groups in total. The molecular weight excluding hydrogens is 394 g/mol. The number of nitrogens with one attached hydrogen (secondary N) is 1. The van der Waals surface area contributed by atoms with Crippen molar-refractivity contribution in [3.63, 3.8) is 0 Å². The van der Waals surface area contributed by atoms with Gasteiger partial charge in [0, 0.05) is 12.1 Å². The Morgan fingerprint density at radius 1 is 1.30 bits per heavy atom. The molecule has 1 aliphatic carbocycles. The maximum Gasteiger partial charge on any atom is 0.272 e. The van der Waals surface area contributed by atoms with Crippen molar-refractivity contribution in [3.05, 3.63) is 41.1 Å².